The first-order chi connectivity index (χ1) is 8.86. The standard InChI is InChI=1S/C11H16F3N3O2/c12-11(13,14)6-1-2-8(15-4-6)10(19)17-7-3-9(18)16-5-7/h6-8,15H,1-5H2,(H,16,18)(H,17,19). The zero-order chi connectivity index (χ0) is 14.0. The van der Waals surface area contributed by atoms with E-state index in [-0.39, 0.29) is 43.7 Å². The second-order valence-corrected chi connectivity index (χ2v) is 4.99. The quantitative estimate of drug-likeness (QED) is 0.662. The monoisotopic (exact) mass is 279 g/mol. The van der Waals surface area contributed by atoms with Crippen molar-refractivity contribution >= 4 is 11.8 Å². The molecule has 5 nitrogen and oxygen atoms in total. The van der Waals surface area contributed by atoms with Crippen molar-refractivity contribution in [3.05, 3.63) is 0 Å². The molecular weight excluding hydrogens is 263 g/mol. The van der Waals surface area contributed by atoms with Crippen LogP contribution in [0.5, 0.6) is 0 Å². The molecule has 0 radical (unpaired) electrons. The molecule has 2 rings (SSSR count). The summed E-state index contributed by atoms with van der Waals surface area (Å²) in [6, 6.07) is -0.864. The topological polar surface area (TPSA) is 70.2 Å². The fourth-order valence-electron chi connectivity index (χ4n) is 2.37. The Balaban J connectivity index is 1.78. The van der Waals surface area contributed by atoms with Crippen molar-refractivity contribution in [3.63, 3.8) is 0 Å². The maximum atomic E-state index is 12.5. The van der Waals surface area contributed by atoms with Gasteiger partial charge in [0.2, 0.25) is 11.8 Å². The number of halogens is 3. The summed E-state index contributed by atoms with van der Waals surface area (Å²) in [5.41, 5.74) is 0. The Morgan fingerprint density at radius 2 is 2.00 bits per heavy atom. The molecule has 19 heavy (non-hydrogen) atoms. The van der Waals surface area contributed by atoms with Gasteiger partial charge in [0.25, 0.3) is 0 Å². The minimum absolute atomic E-state index is 0.0452. The van der Waals surface area contributed by atoms with Crippen molar-refractivity contribution in [3.8, 4) is 0 Å². The van der Waals surface area contributed by atoms with Crippen molar-refractivity contribution < 1.29 is 22.8 Å². The molecular formula is C11H16F3N3O2. The lowest BCUT2D eigenvalue weighted by molar-refractivity contribution is -0.180. The molecule has 2 heterocycles. The van der Waals surface area contributed by atoms with Crippen LogP contribution in [0, 0.1) is 5.92 Å². The van der Waals surface area contributed by atoms with E-state index in [1.54, 1.807) is 0 Å². The third-order valence-electron chi connectivity index (χ3n) is 3.52. The molecule has 2 saturated heterocycles. The SMILES string of the molecule is O=C1CC(NC(=O)C2CCC(C(F)(F)F)CN2)CN1. The molecule has 2 amide bonds. The van der Waals surface area contributed by atoms with E-state index in [0.29, 0.717) is 6.54 Å². The Morgan fingerprint density at radius 1 is 1.26 bits per heavy atom. The van der Waals surface area contributed by atoms with E-state index in [0.717, 1.165) is 0 Å². The number of carbonyl (C=O) groups is 2. The Morgan fingerprint density at radius 3 is 2.47 bits per heavy atom. The molecule has 0 aromatic rings. The number of carbonyl (C=O) groups excluding carboxylic acids is 2. The highest BCUT2D eigenvalue weighted by molar-refractivity contribution is 5.84. The van der Waals surface area contributed by atoms with Crippen molar-refractivity contribution in [1.29, 1.82) is 0 Å². The maximum absolute atomic E-state index is 12.5. The van der Waals surface area contributed by atoms with E-state index in [9.17, 15) is 22.8 Å². The molecule has 8 heteroatoms. The summed E-state index contributed by atoms with van der Waals surface area (Å²) < 4.78 is 37.4. The molecule has 0 saturated carbocycles. The smallest absolute Gasteiger partial charge is 0.354 e. The predicted molar refractivity (Wildman–Crippen MR) is 60.1 cm³/mol. The van der Waals surface area contributed by atoms with Crippen LogP contribution in [0.15, 0.2) is 0 Å². The Kier molecular flexibility index (Phi) is 3.98. The molecule has 2 aliphatic rings. The number of amides is 2. The van der Waals surface area contributed by atoms with Gasteiger partial charge in [0, 0.05) is 19.5 Å². The Bertz CT molecular complexity index is 365. The molecule has 3 unspecified atom stereocenters. The first kappa shape index (κ1) is 14.1. The Hall–Kier alpha value is -1.31. The molecule has 3 atom stereocenters. The lowest BCUT2D eigenvalue weighted by atomic mass is 9.93. The zero-order valence-electron chi connectivity index (χ0n) is 10.2. The van der Waals surface area contributed by atoms with E-state index in [1.807, 2.05) is 0 Å². The van der Waals surface area contributed by atoms with Crippen LogP contribution in [0.4, 0.5) is 13.2 Å². The average molecular weight is 279 g/mol. The zero-order valence-corrected chi connectivity index (χ0v) is 10.2. The molecule has 0 aromatic carbocycles. The lowest BCUT2D eigenvalue weighted by Crippen LogP contribution is -2.53. The molecule has 3 N–H and O–H groups in total. The van der Waals surface area contributed by atoms with Crippen LogP contribution in [0.1, 0.15) is 19.3 Å². The van der Waals surface area contributed by atoms with Crippen LogP contribution >= 0.6 is 0 Å². The van der Waals surface area contributed by atoms with E-state index in [1.165, 1.54) is 0 Å². The summed E-state index contributed by atoms with van der Waals surface area (Å²) >= 11 is 0. The van der Waals surface area contributed by atoms with Crippen molar-refractivity contribution in [2.45, 2.75) is 37.5 Å². The first-order valence-corrected chi connectivity index (χ1v) is 6.23. The third kappa shape index (κ3) is 3.59. The fourth-order valence-corrected chi connectivity index (χ4v) is 2.37. The second-order valence-electron chi connectivity index (χ2n) is 4.99. The highest BCUT2D eigenvalue weighted by Crippen LogP contribution is 2.31. The largest absolute Gasteiger partial charge is 0.393 e. The van der Waals surface area contributed by atoms with Crippen LogP contribution in [0.25, 0.3) is 0 Å². The normalized spacial score (nSPS) is 31.9. The molecule has 108 valence electrons. The van der Waals surface area contributed by atoms with Crippen LogP contribution < -0.4 is 16.0 Å². The number of hydrogen-bond acceptors (Lipinski definition) is 3. The molecule has 0 bridgehead atoms. The highest BCUT2D eigenvalue weighted by Gasteiger charge is 2.42. The summed E-state index contributed by atoms with van der Waals surface area (Å²) in [6.07, 6.45) is -3.87. The third-order valence-corrected chi connectivity index (χ3v) is 3.52. The van der Waals surface area contributed by atoms with Gasteiger partial charge in [-0.15, -0.1) is 0 Å². The van der Waals surface area contributed by atoms with Gasteiger partial charge in [-0.2, -0.15) is 13.2 Å². The van der Waals surface area contributed by atoms with Crippen molar-refractivity contribution in [2.75, 3.05) is 13.1 Å². The maximum Gasteiger partial charge on any atom is 0.393 e. The number of alkyl halides is 3. The highest BCUT2D eigenvalue weighted by atomic mass is 19.4. The molecule has 0 aliphatic carbocycles. The van der Waals surface area contributed by atoms with E-state index >= 15 is 0 Å². The number of piperidine rings is 1. The summed E-state index contributed by atoms with van der Waals surface area (Å²) in [5, 5.41) is 7.87. The van der Waals surface area contributed by atoms with Gasteiger partial charge >= 0.3 is 6.18 Å². The number of hydrogen-bond donors (Lipinski definition) is 3. The van der Waals surface area contributed by atoms with E-state index in [2.05, 4.69) is 16.0 Å². The summed E-state index contributed by atoms with van der Waals surface area (Å²) in [7, 11) is 0. The van der Waals surface area contributed by atoms with Crippen LogP contribution in [0.2, 0.25) is 0 Å². The summed E-state index contributed by atoms with van der Waals surface area (Å²) in [6.45, 7) is 0.145. The molecule has 2 aliphatic heterocycles. The van der Waals surface area contributed by atoms with Crippen molar-refractivity contribution in [1.82, 2.24) is 16.0 Å². The van der Waals surface area contributed by atoms with Crippen molar-refractivity contribution in [2.24, 2.45) is 5.92 Å². The summed E-state index contributed by atoms with van der Waals surface area (Å²) in [4.78, 5) is 22.8. The van der Waals surface area contributed by atoms with Gasteiger partial charge in [0.1, 0.15) is 0 Å². The molecule has 2 fully saturated rings. The number of rotatable bonds is 2. The minimum Gasteiger partial charge on any atom is -0.354 e. The van der Waals surface area contributed by atoms with Gasteiger partial charge in [-0.3, -0.25) is 9.59 Å². The van der Waals surface area contributed by atoms with Crippen LogP contribution in [-0.4, -0.2) is 43.2 Å². The average Bonchev–Trinajstić information content (AvgIpc) is 2.74. The van der Waals surface area contributed by atoms with Gasteiger partial charge < -0.3 is 16.0 Å². The van der Waals surface area contributed by atoms with Gasteiger partial charge in [-0.05, 0) is 12.8 Å². The first-order valence-electron chi connectivity index (χ1n) is 6.23. The summed E-state index contributed by atoms with van der Waals surface area (Å²) in [5.74, 6) is -1.84. The number of nitrogens with one attached hydrogen (secondary N) is 3. The second kappa shape index (κ2) is 5.36. The van der Waals surface area contributed by atoms with Gasteiger partial charge in [-0.1, -0.05) is 0 Å². The fraction of sp³-hybridized carbons (Fsp3) is 0.818. The lowest BCUT2D eigenvalue weighted by Gasteiger charge is -2.30. The van der Waals surface area contributed by atoms with Gasteiger partial charge in [0.15, 0.2) is 0 Å². The minimum atomic E-state index is -4.21. The molecule has 0 aromatic heterocycles. The Labute approximate surface area is 108 Å². The van der Waals surface area contributed by atoms with E-state index in [4.69, 9.17) is 0 Å². The van der Waals surface area contributed by atoms with Crippen LogP contribution in [0.3, 0.4) is 0 Å². The predicted octanol–water partition coefficient (Wildman–Crippen LogP) is -0.0784. The van der Waals surface area contributed by atoms with E-state index < -0.39 is 18.1 Å². The van der Waals surface area contributed by atoms with Crippen LogP contribution in [-0.2, 0) is 9.59 Å². The van der Waals surface area contributed by atoms with Gasteiger partial charge in [0.05, 0.1) is 18.0 Å². The van der Waals surface area contributed by atoms with Gasteiger partial charge in [-0.25, -0.2) is 0 Å². The molecule has 0 spiro atoms.